The number of nitrogens with zero attached hydrogens (tertiary/aromatic N) is 2. The minimum atomic E-state index is -0.910. The lowest BCUT2D eigenvalue weighted by Crippen LogP contribution is -2.52. The molecule has 1 unspecified atom stereocenters. The Kier molecular flexibility index (Phi) is 7.70. The molecular weight excluding hydrogens is 360 g/mol. The third-order valence-corrected chi connectivity index (χ3v) is 3.49. The van der Waals surface area contributed by atoms with Gasteiger partial charge in [-0.25, -0.2) is 5.01 Å². The maximum atomic E-state index is 12.3. The molecule has 8 nitrogen and oxygen atoms in total. The average molecular weight is 379 g/mol. The van der Waals surface area contributed by atoms with Gasteiger partial charge in [-0.3, -0.25) is 25.1 Å². The molecule has 0 aliphatic carbocycles. The van der Waals surface area contributed by atoms with E-state index in [0.29, 0.717) is 11.3 Å². The van der Waals surface area contributed by atoms with Crippen molar-refractivity contribution in [2.75, 3.05) is 5.01 Å². The quantitative estimate of drug-likeness (QED) is 0.609. The van der Waals surface area contributed by atoms with Crippen molar-refractivity contribution in [2.45, 2.75) is 19.4 Å². The number of carbonyl (C=O) groups is 2. The van der Waals surface area contributed by atoms with Gasteiger partial charge in [0.2, 0.25) is 5.91 Å². The molecule has 0 radical (unpaired) electrons. The average Bonchev–Trinajstić information content (AvgIpc) is 2.60. The Morgan fingerprint density at radius 1 is 1.15 bits per heavy atom. The fourth-order valence-corrected chi connectivity index (χ4v) is 2.20. The van der Waals surface area contributed by atoms with Gasteiger partial charge in [-0.05, 0) is 24.1 Å². The molecule has 0 aromatic heterocycles. The smallest absolute Gasteiger partial charge is 0.269 e. The van der Waals surface area contributed by atoms with Crippen LogP contribution in [0.5, 0.6) is 0 Å². The monoisotopic (exact) mass is 378 g/mol. The van der Waals surface area contributed by atoms with Crippen LogP contribution in [-0.4, -0.2) is 22.8 Å². The molecule has 1 atom stereocenters. The molecule has 26 heavy (non-hydrogen) atoms. The van der Waals surface area contributed by atoms with Crippen molar-refractivity contribution in [3.05, 3.63) is 70.3 Å². The molecule has 2 aromatic rings. The molecule has 0 saturated carbocycles. The van der Waals surface area contributed by atoms with E-state index < -0.39 is 16.9 Å². The molecule has 0 saturated heterocycles. The van der Waals surface area contributed by atoms with Crippen LogP contribution in [0.3, 0.4) is 0 Å². The molecule has 2 aromatic carbocycles. The highest BCUT2D eigenvalue weighted by atomic mass is 35.5. The Balaban J connectivity index is 0.00000338. The first-order valence-corrected chi connectivity index (χ1v) is 7.53. The Hall–Kier alpha value is -2.97. The maximum Gasteiger partial charge on any atom is 0.269 e. The lowest BCUT2D eigenvalue weighted by Gasteiger charge is -2.23. The SMILES string of the molecule is CC(=O)N(NC(=O)C(N)Cc1ccc([N+](=O)[O-])cc1)c1ccccc1.Cl. The number of nitrogens with two attached hydrogens (primary N) is 1. The van der Waals surface area contributed by atoms with E-state index >= 15 is 0 Å². The van der Waals surface area contributed by atoms with Gasteiger partial charge in [0, 0.05) is 19.1 Å². The van der Waals surface area contributed by atoms with E-state index in [-0.39, 0.29) is 30.4 Å². The first-order valence-electron chi connectivity index (χ1n) is 7.53. The second kappa shape index (κ2) is 9.50. The summed E-state index contributed by atoms with van der Waals surface area (Å²) >= 11 is 0. The minimum absolute atomic E-state index is 0. The highest BCUT2D eigenvalue weighted by molar-refractivity contribution is 5.96. The molecule has 0 heterocycles. The van der Waals surface area contributed by atoms with Gasteiger partial charge in [0.15, 0.2) is 0 Å². The fourth-order valence-electron chi connectivity index (χ4n) is 2.20. The molecule has 2 rings (SSSR count). The number of nitro benzene ring substituents is 1. The van der Waals surface area contributed by atoms with Crippen LogP contribution in [0.2, 0.25) is 0 Å². The van der Waals surface area contributed by atoms with Crippen LogP contribution >= 0.6 is 12.4 Å². The van der Waals surface area contributed by atoms with Gasteiger partial charge in [-0.2, -0.15) is 0 Å². The second-order valence-corrected chi connectivity index (χ2v) is 5.40. The maximum absolute atomic E-state index is 12.3. The molecule has 2 amide bonds. The Bertz CT molecular complexity index is 768. The van der Waals surface area contributed by atoms with Crippen LogP contribution in [0, 0.1) is 10.1 Å². The molecule has 0 aliphatic heterocycles. The summed E-state index contributed by atoms with van der Waals surface area (Å²) in [5.41, 5.74) is 9.55. The van der Waals surface area contributed by atoms with Crippen molar-refractivity contribution in [3.63, 3.8) is 0 Å². The summed E-state index contributed by atoms with van der Waals surface area (Å²) in [4.78, 5) is 34.2. The molecule has 0 fully saturated rings. The van der Waals surface area contributed by atoms with E-state index in [0.717, 1.165) is 5.01 Å². The zero-order valence-electron chi connectivity index (χ0n) is 14.0. The van der Waals surface area contributed by atoms with Crippen molar-refractivity contribution < 1.29 is 14.5 Å². The van der Waals surface area contributed by atoms with Crippen molar-refractivity contribution >= 4 is 35.6 Å². The van der Waals surface area contributed by atoms with Crippen molar-refractivity contribution in [1.82, 2.24) is 5.43 Å². The van der Waals surface area contributed by atoms with Crippen LogP contribution in [0.25, 0.3) is 0 Å². The number of hydrogen-bond acceptors (Lipinski definition) is 5. The van der Waals surface area contributed by atoms with E-state index in [1.807, 2.05) is 0 Å². The number of para-hydroxylation sites is 1. The van der Waals surface area contributed by atoms with Gasteiger partial charge in [0.25, 0.3) is 11.6 Å². The number of hydrazine groups is 1. The summed E-state index contributed by atoms with van der Waals surface area (Å²) in [7, 11) is 0. The highest BCUT2D eigenvalue weighted by Crippen LogP contribution is 2.14. The number of rotatable bonds is 5. The molecule has 0 aliphatic rings. The Morgan fingerprint density at radius 3 is 2.23 bits per heavy atom. The van der Waals surface area contributed by atoms with Gasteiger partial charge in [-0.1, -0.05) is 30.3 Å². The molecule has 138 valence electrons. The summed E-state index contributed by atoms with van der Waals surface area (Å²) in [6, 6.07) is 13.5. The normalized spacial score (nSPS) is 11.0. The van der Waals surface area contributed by atoms with Gasteiger partial charge in [-0.15, -0.1) is 12.4 Å². The van der Waals surface area contributed by atoms with Crippen molar-refractivity contribution in [1.29, 1.82) is 0 Å². The summed E-state index contributed by atoms with van der Waals surface area (Å²) in [6.45, 7) is 1.33. The summed E-state index contributed by atoms with van der Waals surface area (Å²) < 4.78 is 0. The van der Waals surface area contributed by atoms with Gasteiger partial charge < -0.3 is 5.73 Å². The van der Waals surface area contributed by atoms with Crippen LogP contribution in [-0.2, 0) is 16.0 Å². The number of benzene rings is 2. The predicted octanol–water partition coefficient (Wildman–Crippen LogP) is 1.97. The number of amides is 2. The van der Waals surface area contributed by atoms with Crippen LogP contribution in [0.1, 0.15) is 12.5 Å². The van der Waals surface area contributed by atoms with Gasteiger partial charge in [0.1, 0.15) is 0 Å². The standard InChI is InChI=1S/C17H18N4O4.ClH/c1-12(22)20(14-5-3-2-4-6-14)19-17(23)16(18)11-13-7-9-15(10-8-13)21(24)25;/h2-10,16H,11,18H2,1H3,(H,19,23);1H. The van der Waals surface area contributed by atoms with E-state index in [9.17, 15) is 19.7 Å². The first-order chi connectivity index (χ1) is 11.9. The lowest BCUT2D eigenvalue weighted by atomic mass is 10.1. The second-order valence-electron chi connectivity index (χ2n) is 5.40. The van der Waals surface area contributed by atoms with Crippen molar-refractivity contribution in [3.8, 4) is 0 Å². The van der Waals surface area contributed by atoms with Crippen molar-refractivity contribution in [2.24, 2.45) is 5.73 Å². The largest absolute Gasteiger partial charge is 0.320 e. The highest BCUT2D eigenvalue weighted by Gasteiger charge is 2.20. The lowest BCUT2D eigenvalue weighted by molar-refractivity contribution is -0.384. The zero-order valence-corrected chi connectivity index (χ0v) is 14.8. The molecule has 0 spiro atoms. The number of nitrogens with one attached hydrogen (secondary N) is 1. The summed E-state index contributed by atoms with van der Waals surface area (Å²) in [5.74, 6) is -0.889. The predicted molar refractivity (Wildman–Crippen MR) is 99.8 cm³/mol. The summed E-state index contributed by atoms with van der Waals surface area (Å²) in [6.07, 6.45) is 0.185. The fraction of sp³-hybridized carbons (Fsp3) is 0.176. The third-order valence-electron chi connectivity index (χ3n) is 3.49. The number of carbonyl (C=O) groups excluding carboxylic acids is 2. The molecular formula is C17H19ClN4O4. The number of hydrogen-bond donors (Lipinski definition) is 2. The van der Waals surface area contributed by atoms with E-state index in [1.54, 1.807) is 42.5 Å². The molecule has 0 bridgehead atoms. The topological polar surface area (TPSA) is 119 Å². The third kappa shape index (κ3) is 5.54. The van der Waals surface area contributed by atoms with E-state index in [2.05, 4.69) is 5.43 Å². The number of nitro groups is 1. The van der Waals surface area contributed by atoms with Crippen LogP contribution in [0.15, 0.2) is 54.6 Å². The Morgan fingerprint density at radius 2 is 1.73 bits per heavy atom. The van der Waals surface area contributed by atoms with E-state index in [4.69, 9.17) is 5.73 Å². The zero-order chi connectivity index (χ0) is 18.4. The summed E-state index contributed by atoms with van der Waals surface area (Å²) in [5, 5.41) is 11.8. The van der Waals surface area contributed by atoms with Gasteiger partial charge >= 0.3 is 0 Å². The first kappa shape index (κ1) is 21.1. The molecule has 9 heteroatoms. The van der Waals surface area contributed by atoms with Crippen LogP contribution < -0.4 is 16.2 Å². The Labute approximate surface area is 156 Å². The van der Waals surface area contributed by atoms with E-state index in [1.165, 1.54) is 19.1 Å². The number of anilines is 1. The van der Waals surface area contributed by atoms with Gasteiger partial charge in [0.05, 0.1) is 16.7 Å². The number of halogens is 1. The minimum Gasteiger partial charge on any atom is -0.320 e. The number of non-ortho nitro benzene ring substituents is 1. The van der Waals surface area contributed by atoms with Crippen LogP contribution in [0.4, 0.5) is 11.4 Å². The molecule has 3 N–H and O–H groups in total.